The molecule has 0 spiro atoms. The topological polar surface area (TPSA) is 104 Å². The molecule has 5 N–H and O–H groups in total. The van der Waals surface area contributed by atoms with Crippen LogP contribution >= 0.6 is 0 Å². The molecule has 240 valence electrons. The lowest BCUT2D eigenvalue weighted by atomic mass is 10.0. The Kier molecular flexibility index (Phi) is 58.4. The molecule has 0 amide bonds. The molecule has 39 heavy (non-hydrogen) atoms. The van der Waals surface area contributed by atoms with Gasteiger partial charge in [0.25, 0.3) is 0 Å². The molecule has 0 radical (unpaired) electrons. The highest BCUT2D eigenvalue weighted by molar-refractivity contribution is 5.66. The van der Waals surface area contributed by atoms with Crippen molar-refractivity contribution in [3.05, 3.63) is 0 Å². The van der Waals surface area contributed by atoms with Crippen molar-refractivity contribution in [1.29, 1.82) is 0 Å². The number of rotatable bonds is 26. The molecule has 0 heterocycles. The van der Waals surface area contributed by atoms with Crippen LogP contribution in [0.2, 0.25) is 0 Å². The summed E-state index contributed by atoms with van der Waals surface area (Å²) >= 11 is 0. The molecule has 0 aromatic rings. The molecule has 0 saturated heterocycles. The van der Waals surface area contributed by atoms with E-state index < -0.39 is 5.97 Å². The smallest absolute Gasteiger partial charge is 0.303 e. The van der Waals surface area contributed by atoms with Gasteiger partial charge in [0.15, 0.2) is 0 Å². The lowest BCUT2D eigenvalue weighted by Gasteiger charge is -2.03. The molecule has 0 bridgehead atoms. The quantitative estimate of drug-likeness (QED) is 0.0786. The Morgan fingerprint density at radius 3 is 0.846 bits per heavy atom. The van der Waals surface area contributed by atoms with Crippen LogP contribution in [0, 0.1) is 0 Å². The first-order valence-electron chi connectivity index (χ1n) is 17.2. The molecular formula is C34H75NO4. The lowest BCUT2D eigenvalue weighted by molar-refractivity contribution is -0.137. The van der Waals surface area contributed by atoms with Crippen molar-refractivity contribution in [1.82, 2.24) is 0 Å². The van der Waals surface area contributed by atoms with Crippen molar-refractivity contribution >= 4 is 5.97 Å². The van der Waals surface area contributed by atoms with E-state index in [1.807, 2.05) is 0 Å². The predicted molar refractivity (Wildman–Crippen MR) is 174 cm³/mol. The van der Waals surface area contributed by atoms with Gasteiger partial charge in [0.05, 0.1) is 0 Å². The molecule has 0 saturated carbocycles. The number of hydrogen-bond donors (Lipinski definition) is 4. The maximum Gasteiger partial charge on any atom is 0.303 e. The summed E-state index contributed by atoms with van der Waals surface area (Å²) in [4.78, 5) is 10.3. The third-order valence-electron chi connectivity index (χ3n) is 6.55. The summed E-state index contributed by atoms with van der Waals surface area (Å²) in [7, 11) is 0. The minimum absolute atomic E-state index is 0.250. The van der Waals surface area contributed by atoms with E-state index in [0.29, 0.717) is 6.42 Å². The first kappa shape index (κ1) is 45.3. The maximum atomic E-state index is 10.3. The van der Waals surface area contributed by atoms with Crippen LogP contribution in [-0.2, 0) is 4.79 Å². The summed E-state index contributed by atoms with van der Waals surface area (Å²) in [5.41, 5.74) is 5.42. The van der Waals surface area contributed by atoms with Gasteiger partial charge in [-0.2, -0.15) is 0 Å². The summed E-state index contributed by atoms with van der Waals surface area (Å²) in [6.07, 6.45) is 34.1. The number of carbonyl (C=O) groups is 1. The van der Waals surface area contributed by atoms with E-state index in [-0.39, 0.29) is 13.2 Å². The Bertz CT molecular complexity index is 368. The van der Waals surface area contributed by atoms with Crippen LogP contribution in [0.3, 0.4) is 0 Å². The summed E-state index contributed by atoms with van der Waals surface area (Å²) in [5, 5.41) is 23.7. The minimum atomic E-state index is -0.653. The average Bonchev–Trinajstić information content (AvgIpc) is 2.91. The van der Waals surface area contributed by atoms with Crippen LogP contribution in [0.5, 0.6) is 0 Å². The number of aliphatic hydroxyl groups is 2. The summed E-state index contributed by atoms with van der Waals surface area (Å²) < 4.78 is 0. The van der Waals surface area contributed by atoms with E-state index >= 15 is 0 Å². The van der Waals surface area contributed by atoms with Gasteiger partial charge in [0.2, 0.25) is 0 Å². The Balaban J connectivity index is -0.000000275. The molecule has 5 nitrogen and oxygen atoms in total. The first-order chi connectivity index (χ1) is 19.0. The summed E-state index contributed by atoms with van der Waals surface area (Å²) in [6.45, 7) is 9.27. The Morgan fingerprint density at radius 2 is 0.641 bits per heavy atom. The summed E-state index contributed by atoms with van der Waals surface area (Å²) in [6, 6.07) is 0. The Labute approximate surface area is 246 Å². The van der Waals surface area contributed by atoms with Gasteiger partial charge in [-0.3, -0.25) is 4.79 Å². The third kappa shape index (κ3) is 67.2. The Hall–Kier alpha value is -0.650. The number of aliphatic carboxylic acids is 1. The number of hydrogen-bond acceptors (Lipinski definition) is 4. The number of carboxylic acids is 1. The van der Waals surface area contributed by atoms with E-state index in [2.05, 4.69) is 13.8 Å². The van der Waals surface area contributed by atoms with Crippen LogP contribution in [0.4, 0.5) is 0 Å². The van der Waals surface area contributed by atoms with Gasteiger partial charge in [0, 0.05) is 19.6 Å². The fraction of sp³-hybridized carbons (Fsp3) is 0.971. The predicted octanol–water partition coefficient (Wildman–Crippen LogP) is 10.2. The molecule has 0 aliphatic carbocycles. The van der Waals surface area contributed by atoms with Crippen molar-refractivity contribution in [2.24, 2.45) is 5.73 Å². The molecule has 0 aromatic carbocycles. The monoisotopic (exact) mass is 562 g/mol. The minimum Gasteiger partial charge on any atom is -0.481 e. The van der Waals surface area contributed by atoms with Crippen LogP contribution in [0.25, 0.3) is 0 Å². The van der Waals surface area contributed by atoms with Gasteiger partial charge in [0.1, 0.15) is 0 Å². The molecule has 0 rings (SSSR count). The molecule has 0 fully saturated rings. The van der Waals surface area contributed by atoms with Gasteiger partial charge in [-0.05, 0) is 33.2 Å². The Morgan fingerprint density at radius 1 is 0.436 bits per heavy atom. The van der Waals surface area contributed by atoms with Crippen LogP contribution in [-0.4, -0.2) is 41.0 Å². The zero-order chi connectivity index (χ0) is 30.1. The fourth-order valence-electron chi connectivity index (χ4n) is 4.28. The molecule has 0 aliphatic heterocycles. The van der Waals surface area contributed by atoms with E-state index in [4.69, 9.17) is 21.1 Å². The molecule has 5 heteroatoms. The molecule has 0 atom stereocenters. The maximum absolute atomic E-state index is 10.3. The second-order valence-electron chi connectivity index (χ2n) is 10.7. The highest BCUT2D eigenvalue weighted by Gasteiger charge is 1.97. The summed E-state index contributed by atoms with van der Waals surface area (Å²) in [5.74, 6) is -0.653. The van der Waals surface area contributed by atoms with E-state index in [0.717, 1.165) is 19.4 Å². The van der Waals surface area contributed by atoms with Gasteiger partial charge >= 0.3 is 5.97 Å². The van der Waals surface area contributed by atoms with Gasteiger partial charge in [-0.25, -0.2) is 0 Å². The number of unbranched alkanes of at least 4 members (excludes halogenated alkanes) is 23. The molecular weight excluding hydrogens is 486 g/mol. The van der Waals surface area contributed by atoms with E-state index in [1.165, 1.54) is 148 Å². The van der Waals surface area contributed by atoms with Crippen molar-refractivity contribution in [2.45, 2.75) is 195 Å². The van der Waals surface area contributed by atoms with Crippen molar-refractivity contribution in [3.63, 3.8) is 0 Å². The average molecular weight is 562 g/mol. The van der Waals surface area contributed by atoms with Gasteiger partial charge < -0.3 is 21.1 Å². The second kappa shape index (κ2) is 50.2. The molecule has 0 unspecified atom stereocenters. The highest BCUT2D eigenvalue weighted by Crippen LogP contribution is 2.14. The highest BCUT2D eigenvalue weighted by atomic mass is 16.4. The zero-order valence-electron chi connectivity index (χ0n) is 27.3. The second-order valence-corrected chi connectivity index (χ2v) is 10.7. The largest absolute Gasteiger partial charge is 0.481 e. The number of carboxylic acid groups (broad SMARTS) is 1. The van der Waals surface area contributed by atoms with Crippen LogP contribution in [0.15, 0.2) is 0 Å². The van der Waals surface area contributed by atoms with Gasteiger partial charge in [-0.15, -0.1) is 0 Å². The normalized spacial score (nSPS) is 10.0. The van der Waals surface area contributed by atoms with Gasteiger partial charge in [-0.1, -0.05) is 162 Å². The van der Waals surface area contributed by atoms with Crippen LogP contribution < -0.4 is 5.73 Å². The van der Waals surface area contributed by atoms with Crippen molar-refractivity contribution in [3.8, 4) is 0 Å². The standard InChI is InChI=1S/C18H36O2.C12H27N.2C2H6O/c1-2-3-4-5-6-7-8-9-10-11-12-13-14-15-16-17-18(19)20;1-2-3-4-5-6-7-8-9-10-11-12-13;2*1-2-3/h2-17H2,1H3,(H,19,20);2-13H2,1H3;2*3H,2H2,1H3. The molecule has 0 aromatic heterocycles. The number of aliphatic hydroxyl groups excluding tert-OH is 2. The lowest BCUT2D eigenvalue weighted by Crippen LogP contribution is -1.97. The first-order valence-corrected chi connectivity index (χ1v) is 17.2. The van der Waals surface area contributed by atoms with E-state index in [1.54, 1.807) is 13.8 Å². The molecule has 0 aliphatic rings. The van der Waals surface area contributed by atoms with E-state index in [9.17, 15) is 4.79 Å². The van der Waals surface area contributed by atoms with Crippen molar-refractivity contribution in [2.75, 3.05) is 19.8 Å². The van der Waals surface area contributed by atoms with Crippen molar-refractivity contribution < 1.29 is 20.1 Å². The zero-order valence-corrected chi connectivity index (χ0v) is 27.3. The van der Waals surface area contributed by atoms with Crippen LogP contribution in [0.1, 0.15) is 195 Å². The third-order valence-corrected chi connectivity index (χ3v) is 6.55. The SMILES string of the molecule is CCCCCCCCCCCCCCCCCC(=O)O.CCCCCCCCCCCCN.CCO.CCO. The number of nitrogens with two attached hydrogens (primary N) is 1. The fourth-order valence-corrected chi connectivity index (χ4v) is 4.28.